The van der Waals surface area contributed by atoms with E-state index >= 15 is 0 Å². The number of rotatable bonds is 3. The van der Waals surface area contributed by atoms with Crippen LogP contribution in [0.4, 0.5) is 10.2 Å². The van der Waals surface area contributed by atoms with Crippen LogP contribution in [0, 0.1) is 22.6 Å². The number of aromatic nitrogens is 1. The van der Waals surface area contributed by atoms with Crippen molar-refractivity contribution in [3.8, 4) is 6.07 Å². The number of halogens is 1. The first kappa shape index (κ1) is 18.4. The zero-order valence-electron chi connectivity index (χ0n) is 16.2. The van der Waals surface area contributed by atoms with Gasteiger partial charge in [-0.3, -0.25) is 4.79 Å². The summed E-state index contributed by atoms with van der Waals surface area (Å²) in [6, 6.07) is 12.3. The number of pyridine rings is 1. The highest BCUT2D eigenvalue weighted by Gasteiger charge is 2.68. The van der Waals surface area contributed by atoms with Gasteiger partial charge in [0.15, 0.2) is 0 Å². The highest BCUT2D eigenvalue weighted by Crippen LogP contribution is 2.65. The molecule has 0 unspecified atom stereocenters. The summed E-state index contributed by atoms with van der Waals surface area (Å²) >= 11 is 0. The van der Waals surface area contributed by atoms with Gasteiger partial charge >= 0.3 is 0 Å². The molecular weight excluding hydrogens is 355 g/mol. The summed E-state index contributed by atoms with van der Waals surface area (Å²) in [6.45, 7) is 6.33. The van der Waals surface area contributed by atoms with E-state index in [1.54, 1.807) is 36.5 Å². The fourth-order valence-electron chi connectivity index (χ4n) is 4.49. The van der Waals surface area contributed by atoms with Crippen LogP contribution in [0.5, 0.6) is 0 Å². The lowest BCUT2D eigenvalue weighted by Crippen LogP contribution is -2.52. The Hall–Kier alpha value is -2.94. The topological polar surface area (TPSA) is 60.2 Å². The highest BCUT2D eigenvalue weighted by molar-refractivity contribution is 5.93. The summed E-state index contributed by atoms with van der Waals surface area (Å²) in [6.07, 6.45) is 2.33. The van der Waals surface area contributed by atoms with Crippen LogP contribution in [0.2, 0.25) is 0 Å². The molecule has 4 rings (SSSR count). The van der Waals surface area contributed by atoms with Gasteiger partial charge in [-0.1, -0.05) is 32.0 Å². The number of piperazine rings is 1. The lowest BCUT2D eigenvalue weighted by molar-refractivity contribution is -0.135. The predicted octanol–water partition coefficient (Wildman–Crippen LogP) is 3.11. The molecule has 1 saturated carbocycles. The van der Waals surface area contributed by atoms with Gasteiger partial charge in [-0.15, -0.1) is 0 Å². The van der Waals surface area contributed by atoms with Gasteiger partial charge in [0, 0.05) is 37.9 Å². The number of benzene rings is 1. The van der Waals surface area contributed by atoms with Crippen molar-refractivity contribution in [2.45, 2.75) is 25.7 Å². The third-order valence-corrected chi connectivity index (χ3v) is 6.21. The van der Waals surface area contributed by atoms with Crippen LogP contribution in [0.1, 0.15) is 31.4 Å². The molecule has 2 aliphatic rings. The maximum Gasteiger partial charge on any atom is 0.234 e. The molecule has 1 aromatic heterocycles. The van der Waals surface area contributed by atoms with Gasteiger partial charge in [-0.2, -0.15) is 5.26 Å². The van der Waals surface area contributed by atoms with Gasteiger partial charge in [0.2, 0.25) is 5.91 Å². The van der Waals surface area contributed by atoms with Crippen molar-refractivity contribution in [1.82, 2.24) is 9.88 Å². The molecule has 6 heteroatoms. The number of carbonyl (C=O) groups excluding carboxylic acids is 1. The van der Waals surface area contributed by atoms with E-state index in [2.05, 4.69) is 11.1 Å². The maximum atomic E-state index is 14.5. The molecule has 2 fully saturated rings. The van der Waals surface area contributed by atoms with E-state index in [1.165, 1.54) is 6.07 Å². The minimum Gasteiger partial charge on any atom is -0.352 e. The minimum absolute atomic E-state index is 0.00350. The highest BCUT2D eigenvalue weighted by atomic mass is 19.1. The van der Waals surface area contributed by atoms with Crippen molar-refractivity contribution in [3.63, 3.8) is 0 Å². The molecular formula is C22H23FN4O. The summed E-state index contributed by atoms with van der Waals surface area (Å²) in [5, 5.41) is 9.30. The Morgan fingerprint density at radius 2 is 1.82 bits per heavy atom. The van der Waals surface area contributed by atoms with Gasteiger partial charge in [0.05, 0.1) is 11.0 Å². The standard InChI is InChI=1S/C22H23FN4O/c1-21(2)15-22(21,17-7-3-4-8-18(17)23)20(28)27-12-10-26(11-13-27)19-16(14-24)6-5-9-25-19/h3-9H,10-13,15H2,1-2H3/t22-/m0/s1. The number of amides is 1. The number of hydrogen-bond donors (Lipinski definition) is 0. The van der Waals surface area contributed by atoms with Crippen molar-refractivity contribution in [2.75, 3.05) is 31.1 Å². The average Bonchev–Trinajstić information content (AvgIpc) is 3.30. The molecule has 1 aromatic carbocycles. The molecule has 1 aliphatic carbocycles. The van der Waals surface area contributed by atoms with E-state index in [-0.39, 0.29) is 17.1 Å². The fourth-order valence-corrected chi connectivity index (χ4v) is 4.49. The molecule has 1 atom stereocenters. The Labute approximate surface area is 164 Å². The Kier molecular flexibility index (Phi) is 4.34. The van der Waals surface area contributed by atoms with E-state index in [1.807, 2.05) is 23.6 Å². The molecule has 0 bridgehead atoms. The molecule has 5 nitrogen and oxygen atoms in total. The van der Waals surface area contributed by atoms with E-state index in [0.29, 0.717) is 49.5 Å². The third-order valence-electron chi connectivity index (χ3n) is 6.21. The van der Waals surface area contributed by atoms with Crippen LogP contribution in [0.3, 0.4) is 0 Å². The summed E-state index contributed by atoms with van der Waals surface area (Å²) in [5.74, 6) is 0.351. The SMILES string of the molecule is CC1(C)C[C@@]1(C(=O)N1CCN(c2ncccc2C#N)CC1)c1ccccc1F. The Balaban J connectivity index is 1.54. The molecule has 1 saturated heterocycles. The lowest BCUT2D eigenvalue weighted by atomic mass is 9.86. The molecule has 0 N–H and O–H groups in total. The Bertz CT molecular complexity index is 959. The summed E-state index contributed by atoms with van der Waals surface area (Å²) < 4.78 is 14.5. The second-order valence-corrected chi connectivity index (χ2v) is 8.21. The zero-order valence-corrected chi connectivity index (χ0v) is 16.2. The third kappa shape index (κ3) is 2.73. The smallest absolute Gasteiger partial charge is 0.234 e. The van der Waals surface area contributed by atoms with Crippen LogP contribution in [-0.2, 0) is 10.2 Å². The molecule has 28 heavy (non-hydrogen) atoms. The van der Waals surface area contributed by atoms with Crippen LogP contribution in [0.15, 0.2) is 42.6 Å². The van der Waals surface area contributed by atoms with Gasteiger partial charge in [-0.05, 0) is 30.0 Å². The van der Waals surface area contributed by atoms with Crippen molar-refractivity contribution in [3.05, 3.63) is 59.5 Å². The second-order valence-electron chi connectivity index (χ2n) is 8.21. The van der Waals surface area contributed by atoms with E-state index in [0.717, 1.165) is 0 Å². The van der Waals surface area contributed by atoms with Crippen LogP contribution in [-0.4, -0.2) is 42.0 Å². The number of carbonyl (C=O) groups is 1. The molecule has 144 valence electrons. The normalized spacial score (nSPS) is 23.2. The second kappa shape index (κ2) is 6.59. The molecule has 0 spiro atoms. The summed E-state index contributed by atoms with van der Waals surface area (Å²) in [7, 11) is 0. The zero-order chi connectivity index (χ0) is 19.9. The van der Waals surface area contributed by atoms with Gasteiger partial charge < -0.3 is 9.80 Å². The quantitative estimate of drug-likeness (QED) is 0.823. The summed E-state index contributed by atoms with van der Waals surface area (Å²) in [5.41, 5.74) is -0.0147. The van der Waals surface area contributed by atoms with Crippen LogP contribution >= 0.6 is 0 Å². The molecule has 2 aromatic rings. The molecule has 0 radical (unpaired) electrons. The fraction of sp³-hybridized carbons (Fsp3) is 0.409. The summed E-state index contributed by atoms with van der Waals surface area (Å²) in [4.78, 5) is 21.7. The molecule has 2 heterocycles. The number of nitriles is 1. The van der Waals surface area contributed by atoms with Crippen molar-refractivity contribution in [2.24, 2.45) is 5.41 Å². The predicted molar refractivity (Wildman–Crippen MR) is 104 cm³/mol. The van der Waals surface area contributed by atoms with Crippen molar-refractivity contribution in [1.29, 1.82) is 5.26 Å². The lowest BCUT2D eigenvalue weighted by Gasteiger charge is -2.38. The molecule has 1 aliphatic heterocycles. The number of anilines is 1. The monoisotopic (exact) mass is 378 g/mol. The minimum atomic E-state index is -0.788. The van der Waals surface area contributed by atoms with Crippen molar-refractivity contribution >= 4 is 11.7 Å². The van der Waals surface area contributed by atoms with Crippen LogP contribution < -0.4 is 4.90 Å². The number of hydrogen-bond acceptors (Lipinski definition) is 4. The maximum absolute atomic E-state index is 14.5. The number of nitrogens with zero attached hydrogens (tertiary/aromatic N) is 4. The van der Waals surface area contributed by atoms with Crippen molar-refractivity contribution < 1.29 is 9.18 Å². The Morgan fingerprint density at radius 1 is 1.14 bits per heavy atom. The first-order valence-electron chi connectivity index (χ1n) is 9.55. The van der Waals surface area contributed by atoms with Gasteiger partial charge in [0.1, 0.15) is 17.7 Å². The van der Waals surface area contributed by atoms with E-state index < -0.39 is 5.41 Å². The van der Waals surface area contributed by atoms with Crippen LogP contribution in [0.25, 0.3) is 0 Å². The van der Waals surface area contributed by atoms with E-state index in [9.17, 15) is 14.4 Å². The van der Waals surface area contributed by atoms with Gasteiger partial charge in [-0.25, -0.2) is 9.37 Å². The Morgan fingerprint density at radius 3 is 2.43 bits per heavy atom. The van der Waals surface area contributed by atoms with Gasteiger partial charge in [0.25, 0.3) is 0 Å². The first-order valence-corrected chi connectivity index (χ1v) is 9.55. The average molecular weight is 378 g/mol. The first-order chi connectivity index (χ1) is 13.4. The van der Waals surface area contributed by atoms with E-state index in [4.69, 9.17) is 0 Å². The largest absolute Gasteiger partial charge is 0.352 e. The molecule has 1 amide bonds.